The van der Waals surface area contributed by atoms with Crippen LogP contribution in [-0.4, -0.2) is 42.2 Å². The van der Waals surface area contributed by atoms with Crippen LogP contribution in [0.5, 0.6) is 0 Å². The van der Waals surface area contributed by atoms with E-state index in [4.69, 9.17) is 10.8 Å². The summed E-state index contributed by atoms with van der Waals surface area (Å²) in [6, 6.07) is 4.94. The molecule has 0 radical (unpaired) electrons. The van der Waals surface area contributed by atoms with E-state index in [1.54, 1.807) is 18.2 Å². The lowest BCUT2D eigenvalue weighted by Crippen LogP contribution is -2.26. The van der Waals surface area contributed by atoms with Crippen molar-refractivity contribution in [1.29, 1.82) is 0 Å². The number of aromatic carboxylic acids is 1. The summed E-state index contributed by atoms with van der Waals surface area (Å²) >= 11 is 0. The number of hydrogen-bond acceptors (Lipinski definition) is 4. The van der Waals surface area contributed by atoms with E-state index < -0.39 is 5.97 Å². The van der Waals surface area contributed by atoms with Gasteiger partial charge < -0.3 is 21.1 Å². The molecule has 0 unspecified atom stereocenters. The molecule has 4 N–H and O–H groups in total. The molecule has 1 heterocycles. The first kappa shape index (κ1) is 12.7. The summed E-state index contributed by atoms with van der Waals surface area (Å²) < 4.78 is 0. The second-order valence-electron chi connectivity index (χ2n) is 4.55. The number of carboxylic acids is 1. The van der Waals surface area contributed by atoms with E-state index in [-0.39, 0.29) is 5.56 Å². The van der Waals surface area contributed by atoms with E-state index >= 15 is 0 Å². The number of hydrogen-bond donors (Lipinski definition) is 3. The molecule has 1 aromatic rings. The van der Waals surface area contributed by atoms with Gasteiger partial charge in [0.25, 0.3) is 0 Å². The van der Waals surface area contributed by atoms with Gasteiger partial charge in [0, 0.05) is 13.1 Å². The number of likely N-dealkylation sites (tertiary alicyclic amines) is 1. The fourth-order valence-electron chi connectivity index (χ4n) is 2.29. The van der Waals surface area contributed by atoms with Gasteiger partial charge in [-0.3, -0.25) is 0 Å². The molecule has 0 aliphatic carbocycles. The molecule has 5 heteroatoms. The molecule has 1 fully saturated rings. The van der Waals surface area contributed by atoms with Gasteiger partial charge in [-0.05, 0) is 38.1 Å². The highest BCUT2D eigenvalue weighted by molar-refractivity contribution is 5.97. The average Bonchev–Trinajstić information content (AvgIpc) is 2.84. The zero-order chi connectivity index (χ0) is 13.0. The van der Waals surface area contributed by atoms with Crippen LogP contribution in [0.4, 0.5) is 11.4 Å². The highest BCUT2D eigenvalue weighted by Crippen LogP contribution is 2.23. The Hall–Kier alpha value is -1.75. The summed E-state index contributed by atoms with van der Waals surface area (Å²) in [6.07, 6.45) is 2.52. The Kier molecular flexibility index (Phi) is 4.04. The molecule has 0 spiro atoms. The number of nitrogen functional groups attached to an aromatic ring is 1. The number of anilines is 2. The highest BCUT2D eigenvalue weighted by Gasteiger charge is 2.14. The molecule has 98 valence electrons. The number of nitrogens with two attached hydrogens (primary N) is 1. The Morgan fingerprint density at radius 1 is 1.39 bits per heavy atom. The van der Waals surface area contributed by atoms with Crippen molar-refractivity contribution in [2.75, 3.05) is 37.2 Å². The summed E-state index contributed by atoms with van der Waals surface area (Å²) in [5, 5.41) is 12.2. The van der Waals surface area contributed by atoms with Gasteiger partial charge >= 0.3 is 5.97 Å². The van der Waals surface area contributed by atoms with Crippen LogP contribution in [0.25, 0.3) is 0 Å². The van der Waals surface area contributed by atoms with Crippen LogP contribution in [-0.2, 0) is 0 Å². The Labute approximate surface area is 107 Å². The first-order valence-corrected chi connectivity index (χ1v) is 6.26. The van der Waals surface area contributed by atoms with Gasteiger partial charge in [-0.25, -0.2) is 4.79 Å². The minimum absolute atomic E-state index is 0.233. The van der Waals surface area contributed by atoms with Crippen LogP contribution < -0.4 is 11.1 Å². The number of nitrogens with zero attached hydrogens (tertiary/aromatic N) is 1. The number of para-hydroxylation sites is 1. The van der Waals surface area contributed by atoms with Crippen molar-refractivity contribution in [1.82, 2.24) is 4.90 Å². The van der Waals surface area contributed by atoms with Gasteiger partial charge in [0.1, 0.15) is 0 Å². The zero-order valence-electron chi connectivity index (χ0n) is 10.4. The summed E-state index contributed by atoms with van der Waals surface area (Å²) in [4.78, 5) is 13.5. The fraction of sp³-hybridized carbons (Fsp3) is 0.462. The predicted octanol–water partition coefficient (Wildman–Crippen LogP) is 1.47. The van der Waals surface area contributed by atoms with Crippen LogP contribution in [0.15, 0.2) is 18.2 Å². The van der Waals surface area contributed by atoms with Crippen LogP contribution in [0.1, 0.15) is 23.2 Å². The van der Waals surface area contributed by atoms with Crippen LogP contribution in [0.3, 0.4) is 0 Å². The van der Waals surface area contributed by atoms with Crippen LogP contribution >= 0.6 is 0 Å². The maximum atomic E-state index is 11.1. The van der Waals surface area contributed by atoms with E-state index in [9.17, 15) is 4.79 Å². The quantitative estimate of drug-likeness (QED) is 0.689. The van der Waals surface area contributed by atoms with Gasteiger partial charge in [0.05, 0.1) is 16.9 Å². The van der Waals surface area contributed by atoms with Crippen LogP contribution in [0.2, 0.25) is 0 Å². The molecule has 0 aromatic heterocycles. The third kappa shape index (κ3) is 2.92. The Bertz CT molecular complexity index is 428. The molecule has 5 nitrogen and oxygen atoms in total. The second-order valence-corrected chi connectivity index (χ2v) is 4.55. The van der Waals surface area contributed by atoms with Gasteiger partial charge in [-0.1, -0.05) is 6.07 Å². The predicted molar refractivity (Wildman–Crippen MR) is 72.0 cm³/mol. The van der Waals surface area contributed by atoms with Gasteiger partial charge in [0.15, 0.2) is 0 Å². The lowest BCUT2D eigenvalue weighted by molar-refractivity contribution is 0.0698. The number of carbonyl (C=O) groups is 1. The van der Waals surface area contributed by atoms with Gasteiger partial charge in [-0.15, -0.1) is 0 Å². The van der Waals surface area contributed by atoms with Crippen molar-refractivity contribution >= 4 is 17.3 Å². The molecule has 0 saturated carbocycles. The molecule has 0 amide bonds. The van der Waals surface area contributed by atoms with E-state index in [0.29, 0.717) is 17.9 Å². The molecule has 0 bridgehead atoms. The topological polar surface area (TPSA) is 78.6 Å². The zero-order valence-corrected chi connectivity index (χ0v) is 10.4. The SMILES string of the molecule is Nc1cccc(C(=O)O)c1NCCN1CCCC1. The first-order valence-electron chi connectivity index (χ1n) is 6.26. The molecule has 1 aliphatic heterocycles. The summed E-state index contributed by atoms with van der Waals surface area (Å²) in [5.41, 5.74) is 7.06. The van der Waals surface area contributed by atoms with E-state index in [0.717, 1.165) is 19.6 Å². The normalized spacial score (nSPS) is 15.8. The summed E-state index contributed by atoms with van der Waals surface area (Å²) in [7, 11) is 0. The maximum Gasteiger partial charge on any atom is 0.337 e. The monoisotopic (exact) mass is 249 g/mol. The van der Waals surface area contributed by atoms with Crippen molar-refractivity contribution in [2.45, 2.75) is 12.8 Å². The molecular weight excluding hydrogens is 230 g/mol. The Morgan fingerprint density at radius 2 is 2.11 bits per heavy atom. The fourth-order valence-corrected chi connectivity index (χ4v) is 2.29. The number of rotatable bonds is 5. The van der Waals surface area contributed by atoms with E-state index in [2.05, 4.69) is 10.2 Å². The number of benzene rings is 1. The third-order valence-electron chi connectivity index (χ3n) is 3.26. The molecule has 18 heavy (non-hydrogen) atoms. The third-order valence-corrected chi connectivity index (χ3v) is 3.26. The summed E-state index contributed by atoms with van der Waals surface area (Å²) in [6.45, 7) is 3.91. The molecule has 0 atom stereocenters. The molecular formula is C13H19N3O2. The lowest BCUT2D eigenvalue weighted by Gasteiger charge is -2.17. The van der Waals surface area contributed by atoms with Crippen molar-refractivity contribution in [2.24, 2.45) is 0 Å². The molecule has 1 aliphatic rings. The maximum absolute atomic E-state index is 11.1. The summed E-state index contributed by atoms with van der Waals surface area (Å²) in [5.74, 6) is -0.953. The largest absolute Gasteiger partial charge is 0.478 e. The Balaban J connectivity index is 1.97. The number of carboxylic acid groups (broad SMARTS) is 1. The lowest BCUT2D eigenvalue weighted by atomic mass is 10.1. The second kappa shape index (κ2) is 5.73. The van der Waals surface area contributed by atoms with Crippen molar-refractivity contribution in [3.63, 3.8) is 0 Å². The molecule has 1 saturated heterocycles. The number of nitrogens with one attached hydrogen (secondary N) is 1. The standard InChI is InChI=1S/C13H19N3O2/c14-11-5-3-4-10(13(17)18)12(11)15-6-9-16-7-1-2-8-16/h3-5,15H,1-2,6-9,14H2,(H,17,18). The van der Waals surface area contributed by atoms with Crippen molar-refractivity contribution < 1.29 is 9.90 Å². The van der Waals surface area contributed by atoms with E-state index in [1.165, 1.54) is 12.8 Å². The van der Waals surface area contributed by atoms with E-state index in [1.807, 2.05) is 0 Å². The minimum Gasteiger partial charge on any atom is -0.478 e. The molecule has 2 rings (SSSR count). The highest BCUT2D eigenvalue weighted by atomic mass is 16.4. The van der Waals surface area contributed by atoms with Gasteiger partial charge in [-0.2, -0.15) is 0 Å². The van der Waals surface area contributed by atoms with Crippen LogP contribution in [0, 0.1) is 0 Å². The Morgan fingerprint density at radius 3 is 2.78 bits per heavy atom. The average molecular weight is 249 g/mol. The smallest absolute Gasteiger partial charge is 0.337 e. The van der Waals surface area contributed by atoms with Crippen molar-refractivity contribution in [3.05, 3.63) is 23.8 Å². The molecule has 1 aromatic carbocycles. The van der Waals surface area contributed by atoms with Gasteiger partial charge in [0.2, 0.25) is 0 Å². The first-order chi connectivity index (χ1) is 8.68. The minimum atomic E-state index is -0.953. The van der Waals surface area contributed by atoms with Crippen molar-refractivity contribution in [3.8, 4) is 0 Å².